The van der Waals surface area contributed by atoms with E-state index in [0.717, 1.165) is 34.2 Å². The molecule has 0 saturated carbocycles. The quantitative estimate of drug-likeness (QED) is 0.162. The van der Waals surface area contributed by atoms with Gasteiger partial charge in [-0.05, 0) is 47.3 Å². The lowest BCUT2D eigenvalue weighted by molar-refractivity contribution is 0.0944. The summed E-state index contributed by atoms with van der Waals surface area (Å²) in [6.45, 7) is -0.224. The van der Waals surface area contributed by atoms with Crippen LogP contribution in [0.4, 0.5) is 0 Å². The van der Waals surface area contributed by atoms with E-state index in [1.54, 1.807) is 36.4 Å². The van der Waals surface area contributed by atoms with E-state index in [1.807, 2.05) is 36.4 Å². The first-order valence-corrected chi connectivity index (χ1v) is 18.7. The number of nitrogens with zero attached hydrogens (tertiary/aromatic N) is 2. The molecule has 8 nitrogen and oxygen atoms in total. The van der Waals surface area contributed by atoms with Crippen molar-refractivity contribution in [2.45, 2.75) is 13.1 Å². The molecule has 0 fully saturated rings. The molecule has 2 N–H and O–H groups in total. The molecular weight excluding hydrogens is 782 g/mol. The normalized spacial score (nSPS) is 12.6. The summed E-state index contributed by atoms with van der Waals surface area (Å²) in [6.07, 6.45) is 0. The van der Waals surface area contributed by atoms with Crippen molar-refractivity contribution in [1.29, 1.82) is 0 Å². The van der Waals surface area contributed by atoms with Crippen molar-refractivity contribution < 1.29 is 19.2 Å². The maximum atomic E-state index is 13.5. The Balaban J connectivity index is 0.953. The first-order chi connectivity index (χ1) is 25.2. The minimum Gasteiger partial charge on any atom is -0.348 e. The van der Waals surface area contributed by atoms with Crippen LogP contribution in [0.25, 0.3) is 42.7 Å². The predicted molar refractivity (Wildman–Crippen MR) is 206 cm³/mol. The number of halogens is 4. The van der Waals surface area contributed by atoms with Crippen LogP contribution < -0.4 is 10.6 Å². The lowest BCUT2D eigenvalue weighted by atomic mass is 9.87. The van der Waals surface area contributed by atoms with E-state index in [4.69, 9.17) is 46.4 Å². The molecule has 0 spiro atoms. The van der Waals surface area contributed by atoms with Crippen molar-refractivity contribution >= 4 is 113 Å². The summed E-state index contributed by atoms with van der Waals surface area (Å²) in [5, 5.41) is 7.23. The largest absolute Gasteiger partial charge is 0.348 e. The van der Waals surface area contributed by atoms with Gasteiger partial charge >= 0.3 is 0 Å². The van der Waals surface area contributed by atoms with Gasteiger partial charge in [-0.1, -0.05) is 94.9 Å². The Morgan fingerprint density at radius 2 is 0.885 bits per heavy atom. The molecule has 2 aromatic heterocycles. The molecule has 0 bridgehead atoms. The average molecular weight is 801 g/mol. The third-order valence-electron chi connectivity index (χ3n) is 9.37. The molecular formula is C38H18Cl4N4O4S2. The van der Waals surface area contributed by atoms with Gasteiger partial charge in [0.25, 0.3) is 11.8 Å². The second-order valence-corrected chi connectivity index (χ2v) is 15.2. The molecule has 2 aliphatic rings. The number of benzene rings is 5. The summed E-state index contributed by atoms with van der Waals surface area (Å²) in [5.41, 5.74) is 6.20. The van der Waals surface area contributed by atoms with Crippen molar-refractivity contribution in [2.24, 2.45) is 0 Å². The van der Waals surface area contributed by atoms with Crippen molar-refractivity contribution in [3.05, 3.63) is 137 Å². The van der Waals surface area contributed by atoms with E-state index in [-0.39, 0.29) is 44.7 Å². The number of carbonyl (C=O) groups excluding carboxylic acids is 4. The van der Waals surface area contributed by atoms with E-state index in [9.17, 15) is 19.2 Å². The topological polar surface area (TPSA) is 118 Å². The maximum absolute atomic E-state index is 13.5. The Bertz CT molecular complexity index is 2580. The van der Waals surface area contributed by atoms with Gasteiger partial charge in [-0.3, -0.25) is 19.2 Å². The molecule has 0 radical (unpaired) electrons. The molecule has 5 aromatic carbocycles. The Kier molecular flexibility index (Phi) is 7.96. The van der Waals surface area contributed by atoms with Gasteiger partial charge in [0.15, 0.2) is 11.6 Å². The summed E-state index contributed by atoms with van der Waals surface area (Å²) < 4.78 is 10.4. The number of rotatable bonds is 6. The second-order valence-electron chi connectivity index (χ2n) is 12.1. The van der Waals surface area contributed by atoms with Crippen LogP contribution in [-0.2, 0) is 13.1 Å². The van der Waals surface area contributed by atoms with E-state index in [1.165, 1.54) is 0 Å². The van der Waals surface area contributed by atoms with Crippen LogP contribution in [-0.4, -0.2) is 32.1 Å². The van der Waals surface area contributed by atoms with E-state index in [0.29, 0.717) is 76.1 Å². The molecule has 0 atom stereocenters. The minimum absolute atomic E-state index is 0.0657. The maximum Gasteiger partial charge on any atom is 0.253 e. The highest BCUT2D eigenvalue weighted by atomic mass is 35.5. The molecule has 0 unspecified atom stereocenters. The molecule has 0 saturated heterocycles. The van der Waals surface area contributed by atoms with Crippen molar-refractivity contribution in [1.82, 2.24) is 19.4 Å². The van der Waals surface area contributed by atoms with Gasteiger partial charge in [0, 0.05) is 68.4 Å². The average Bonchev–Trinajstić information content (AvgIpc) is 3.81. The lowest BCUT2D eigenvalue weighted by Crippen LogP contribution is -2.25. The zero-order valence-electron chi connectivity index (χ0n) is 26.2. The number of ketones is 2. The smallest absolute Gasteiger partial charge is 0.253 e. The van der Waals surface area contributed by atoms with Gasteiger partial charge in [0.05, 0.1) is 52.0 Å². The predicted octanol–water partition coefficient (Wildman–Crippen LogP) is 9.80. The number of aromatic nitrogens is 2. The third-order valence-corrected chi connectivity index (χ3v) is 13.0. The summed E-state index contributed by atoms with van der Waals surface area (Å²) in [4.78, 5) is 53.5. The van der Waals surface area contributed by atoms with Crippen molar-refractivity contribution in [3.8, 4) is 22.5 Å². The zero-order chi connectivity index (χ0) is 36.0. The summed E-state index contributed by atoms with van der Waals surface area (Å²) in [5.74, 6) is -1.11. The number of carbonyl (C=O) groups is 4. The SMILES string of the molecule is O=C(NCc1c(Cl)c(Cl)c(CNC(=O)c2ccc3c4c(nsc24)-c2ccccc2C3=O)c(Cl)c1Cl)c1ccc2c3c(nsc13)-c1ccccc1C2=O. The molecule has 9 rings (SSSR count). The van der Waals surface area contributed by atoms with Crippen molar-refractivity contribution in [3.63, 3.8) is 0 Å². The van der Waals surface area contributed by atoms with Crippen LogP contribution in [0.3, 0.4) is 0 Å². The zero-order valence-corrected chi connectivity index (χ0v) is 30.9. The van der Waals surface area contributed by atoms with Gasteiger partial charge in [0.1, 0.15) is 0 Å². The van der Waals surface area contributed by atoms with Crippen LogP contribution in [0.5, 0.6) is 0 Å². The van der Waals surface area contributed by atoms with Crippen LogP contribution in [0, 0.1) is 0 Å². The number of amides is 2. The summed E-state index contributed by atoms with van der Waals surface area (Å²) in [7, 11) is 0. The number of fused-ring (bicyclic) bond motifs is 4. The number of hydrogen-bond donors (Lipinski definition) is 2. The highest BCUT2D eigenvalue weighted by molar-refractivity contribution is 7.14. The second kappa shape index (κ2) is 12.5. The first-order valence-electron chi connectivity index (χ1n) is 15.7. The fraction of sp³-hybridized carbons (Fsp3) is 0.0526. The van der Waals surface area contributed by atoms with E-state index < -0.39 is 11.8 Å². The third kappa shape index (κ3) is 4.86. The monoisotopic (exact) mass is 798 g/mol. The van der Waals surface area contributed by atoms with Crippen LogP contribution in [0.1, 0.15) is 63.7 Å². The van der Waals surface area contributed by atoms with Gasteiger partial charge in [-0.15, -0.1) is 0 Å². The highest BCUT2D eigenvalue weighted by Gasteiger charge is 2.31. The van der Waals surface area contributed by atoms with Crippen LogP contribution in [0.2, 0.25) is 20.1 Å². The first kappa shape index (κ1) is 33.2. The number of nitrogens with one attached hydrogen (secondary N) is 2. The molecule has 7 aromatic rings. The van der Waals surface area contributed by atoms with Gasteiger partial charge in [0.2, 0.25) is 0 Å². The Hall–Kier alpha value is -4.68. The van der Waals surface area contributed by atoms with Crippen molar-refractivity contribution in [2.75, 3.05) is 0 Å². The fourth-order valence-electron chi connectivity index (χ4n) is 6.83. The molecule has 2 aliphatic carbocycles. The molecule has 14 heteroatoms. The Labute approximate surface area is 322 Å². The van der Waals surface area contributed by atoms with Crippen LogP contribution >= 0.6 is 69.5 Å². The van der Waals surface area contributed by atoms with Gasteiger partial charge in [-0.2, -0.15) is 8.75 Å². The molecule has 254 valence electrons. The standard InChI is InChI=1S/C38H18Cl4N4O4S2/c39-27-23(13-43-37(49)21-11-9-19-25-31(45-51-35(21)25)15-5-1-3-7-17(15)33(19)47)28(40)30(42)24(29(27)41)14-44-38(50)22-12-10-20-26-32(46-52-36(22)26)16-6-2-4-8-18(16)34(20)48/h1-12H,13-14H2,(H,43,49)(H,44,50). The molecule has 0 aliphatic heterocycles. The molecule has 2 amide bonds. The number of hydrogen-bond acceptors (Lipinski definition) is 8. The fourth-order valence-corrected chi connectivity index (χ4v) is 9.89. The van der Waals surface area contributed by atoms with E-state index >= 15 is 0 Å². The summed E-state index contributed by atoms with van der Waals surface area (Å²) >= 11 is 29.1. The van der Waals surface area contributed by atoms with Crippen LogP contribution in [0.15, 0.2) is 72.8 Å². The summed E-state index contributed by atoms with van der Waals surface area (Å²) in [6, 6.07) is 21.0. The van der Waals surface area contributed by atoms with E-state index in [2.05, 4.69) is 19.4 Å². The Morgan fingerprint density at radius 1 is 0.519 bits per heavy atom. The van der Waals surface area contributed by atoms with Gasteiger partial charge < -0.3 is 10.6 Å². The molecule has 52 heavy (non-hydrogen) atoms. The highest BCUT2D eigenvalue weighted by Crippen LogP contribution is 2.45. The Morgan fingerprint density at radius 3 is 1.27 bits per heavy atom. The minimum atomic E-state index is -0.433. The van der Waals surface area contributed by atoms with Gasteiger partial charge in [-0.25, -0.2) is 0 Å². The molecule has 2 heterocycles. The lowest BCUT2D eigenvalue weighted by Gasteiger charge is -2.18.